The summed E-state index contributed by atoms with van der Waals surface area (Å²) in [4.78, 5) is 17.1. The molecule has 0 spiro atoms. The van der Waals surface area contributed by atoms with Crippen molar-refractivity contribution in [3.8, 4) is 0 Å². The van der Waals surface area contributed by atoms with E-state index in [0.717, 1.165) is 37.9 Å². The molecule has 3 heteroatoms. The number of amides is 1. The van der Waals surface area contributed by atoms with Gasteiger partial charge >= 0.3 is 0 Å². The van der Waals surface area contributed by atoms with Crippen LogP contribution in [0.5, 0.6) is 0 Å². The third-order valence-corrected chi connectivity index (χ3v) is 4.31. The first-order valence-electron chi connectivity index (χ1n) is 8.52. The summed E-state index contributed by atoms with van der Waals surface area (Å²) in [5.41, 5.74) is 2.15. The maximum atomic E-state index is 12.8. The average Bonchev–Trinajstić information content (AvgIpc) is 2.47. The largest absolute Gasteiger partial charge is 0.334 e. The van der Waals surface area contributed by atoms with Gasteiger partial charge in [-0.1, -0.05) is 26.0 Å². The Labute approximate surface area is 135 Å². The number of likely N-dealkylation sites (N-methyl/N-ethyl adjacent to an activating group) is 1. The Morgan fingerprint density at radius 2 is 1.91 bits per heavy atom. The summed E-state index contributed by atoms with van der Waals surface area (Å²) < 4.78 is 0. The molecule has 1 aliphatic rings. The zero-order chi connectivity index (χ0) is 16.1. The second-order valence-electron chi connectivity index (χ2n) is 7.21. The van der Waals surface area contributed by atoms with Crippen molar-refractivity contribution >= 4 is 5.91 Å². The maximum absolute atomic E-state index is 12.8. The number of rotatable bonds is 5. The molecule has 3 nitrogen and oxygen atoms in total. The summed E-state index contributed by atoms with van der Waals surface area (Å²) in [5.74, 6) is 0.843. The van der Waals surface area contributed by atoms with E-state index in [4.69, 9.17) is 0 Å². The molecule has 0 aromatic heterocycles. The van der Waals surface area contributed by atoms with Gasteiger partial charge in [0.05, 0.1) is 0 Å². The molecule has 2 rings (SSSR count). The number of hydrogen-bond donors (Lipinski definition) is 0. The summed E-state index contributed by atoms with van der Waals surface area (Å²) in [5, 5.41) is 0. The van der Waals surface area contributed by atoms with Gasteiger partial charge in [0.15, 0.2) is 0 Å². The quantitative estimate of drug-likeness (QED) is 0.832. The Hall–Kier alpha value is -1.35. The fraction of sp³-hybridized carbons (Fsp3) is 0.632. The van der Waals surface area contributed by atoms with E-state index < -0.39 is 0 Å². The molecule has 22 heavy (non-hydrogen) atoms. The van der Waals surface area contributed by atoms with Crippen LogP contribution in [0.1, 0.15) is 49.0 Å². The van der Waals surface area contributed by atoms with Crippen LogP contribution < -0.4 is 0 Å². The highest BCUT2D eigenvalue weighted by Crippen LogP contribution is 2.21. The molecule has 1 aromatic carbocycles. The Balaban J connectivity index is 2.08. The summed E-state index contributed by atoms with van der Waals surface area (Å²) in [7, 11) is 4.16. The van der Waals surface area contributed by atoms with E-state index in [1.165, 1.54) is 12.0 Å². The van der Waals surface area contributed by atoms with Crippen LogP contribution in [0, 0.1) is 5.92 Å². The highest BCUT2D eigenvalue weighted by molar-refractivity contribution is 5.94. The van der Waals surface area contributed by atoms with E-state index in [1.807, 2.05) is 12.1 Å². The minimum atomic E-state index is 0.197. The standard InChI is InChI=1S/C19H30N2O/c1-15(2)13-16-8-10-17(11-9-16)19(22)21-12-6-5-7-18(21)14-20(3)4/h8-11,15,18H,5-7,12-14H2,1-4H3. The molecular weight excluding hydrogens is 272 g/mol. The van der Waals surface area contributed by atoms with Crippen molar-refractivity contribution in [2.45, 2.75) is 45.6 Å². The molecule has 1 unspecified atom stereocenters. The summed E-state index contributed by atoms with van der Waals surface area (Å²) in [6.45, 7) is 6.29. The number of carbonyl (C=O) groups is 1. The van der Waals surface area contributed by atoms with Gasteiger partial charge in [-0.25, -0.2) is 0 Å². The van der Waals surface area contributed by atoms with Gasteiger partial charge < -0.3 is 9.80 Å². The zero-order valence-corrected chi connectivity index (χ0v) is 14.5. The summed E-state index contributed by atoms with van der Waals surface area (Å²) in [6.07, 6.45) is 4.55. The number of nitrogens with zero attached hydrogens (tertiary/aromatic N) is 2. The highest BCUT2D eigenvalue weighted by Gasteiger charge is 2.27. The van der Waals surface area contributed by atoms with Gasteiger partial charge in [0.2, 0.25) is 0 Å². The lowest BCUT2D eigenvalue weighted by atomic mass is 9.98. The van der Waals surface area contributed by atoms with Crippen molar-refractivity contribution in [2.75, 3.05) is 27.2 Å². The predicted molar refractivity (Wildman–Crippen MR) is 92.2 cm³/mol. The van der Waals surface area contributed by atoms with Crippen molar-refractivity contribution in [2.24, 2.45) is 5.92 Å². The van der Waals surface area contributed by atoms with Gasteiger partial charge in [-0.05, 0) is 63.4 Å². The fourth-order valence-electron chi connectivity index (χ4n) is 3.30. The Morgan fingerprint density at radius 3 is 2.50 bits per heavy atom. The highest BCUT2D eigenvalue weighted by atomic mass is 16.2. The molecule has 1 amide bonds. The molecule has 1 saturated heterocycles. The van der Waals surface area contributed by atoms with E-state index in [0.29, 0.717) is 12.0 Å². The first-order valence-corrected chi connectivity index (χ1v) is 8.52. The van der Waals surface area contributed by atoms with Gasteiger partial charge in [-0.3, -0.25) is 4.79 Å². The molecule has 1 fully saturated rings. The van der Waals surface area contributed by atoms with Crippen molar-refractivity contribution in [3.05, 3.63) is 35.4 Å². The van der Waals surface area contributed by atoms with Crippen LogP contribution in [-0.4, -0.2) is 48.9 Å². The van der Waals surface area contributed by atoms with Crippen LogP contribution in [0.2, 0.25) is 0 Å². The average molecular weight is 302 g/mol. The summed E-state index contributed by atoms with van der Waals surface area (Å²) in [6, 6.07) is 8.57. The Morgan fingerprint density at radius 1 is 1.23 bits per heavy atom. The number of benzene rings is 1. The van der Waals surface area contributed by atoms with Crippen molar-refractivity contribution < 1.29 is 4.79 Å². The molecule has 0 aliphatic carbocycles. The first kappa shape index (κ1) is 17.0. The number of hydrogen-bond acceptors (Lipinski definition) is 2. The third kappa shape index (κ3) is 4.57. The smallest absolute Gasteiger partial charge is 0.254 e. The Bertz CT molecular complexity index is 479. The van der Waals surface area contributed by atoms with E-state index in [1.54, 1.807) is 0 Å². The maximum Gasteiger partial charge on any atom is 0.254 e. The van der Waals surface area contributed by atoms with Gasteiger partial charge in [0, 0.05) is 24.7 Å². The van der Waals surface area contributed by atoms with Crippen molar-refractivity contribution in [1.82, 2.24) is 9.80 Å². The van der Waals surface area contributed by atoms with E-state index in [9.17, 15) is 4.79 Å². The monoisotopic (exact) mass is 302 g/mol. The van der Waals surface area contributed by atoms with Crippen LogP contribution in [-0.2, 0) is 6.42 Å². The second kappa shape index (κ2) is 7.77. The molecule has 1 aromatic rings. The van der Waals surface area contributed by atoms with E-state index >= 15 is 0 Å². The third-order valence-electron chi connectivity index (χ3n) is 4.31. The fourth-order valence-corrected chi connectivity index (χ4v) is 3.30. The first-order chi connectivity index (χ1) is 10.5. The lowest BCUT2D eigenvalue weighted by Crippen LogP contribution is -2.48. The van der Waals surface area contributed by atoms with Gasteiger partial charge in [0.25, 0.3) is 5.91 Å². The number of carbonyl (C=O) groups excluding carboxylic acids is 1. The van der Waals surface area contributed by atoms with Crippen LogP contribution in [0.25, 0.3) is 0 Å². The van der Waals surface area contributed by atoms with Gasteiger partial charge in [0.1, 0.15) is 0 Å². The lowest BCUT2D eigenvalue weighted by Gasteiger charge is -2.37. The molecule has 0 radical (unpaired) electrons. The SMILES string of the molecule is CC(C)Cc1ccc(C(=O)N2CCCCC2CN(C)C)cc1. The Kier molecular flexibility index (Phi) is 6.01. The van der Waals surface area contributed by atoms with Crippen molar-refractivity contribution in [1.29, 1.82) is 0 Å². The molecule has 1 aliphatic heterocycles. The van der Waals surface area contributed by atoms with Gasteiger partial charge in [-0.15, -0.1) is 0 Å². The topological polar surface area (TPSA) is 23.6 Å². The van der Waals surface area contributed by atoms with Crippen LogP contribution in [0.15, 0.2) is 24.3 Å². The molecule has 0 N–H and O–H groups in total. The number of piperidine rings is 1. The number of likely N-dealkylation sites (tertiary alicyclic amines) is 1. The predicted octanol–water partition coefficient (Wildman–Crippen LogP) is 3.44. The molecule has 0 bridgehead atoms. The van der Waals surface area contributed by atoms with Gasteiger partial charge in [-0.2, -0.15) is 0 Å². The second-order valence-corrected chi connectivity index (χ2v) is 7.21. The normalized spacial score (nSPS) is 19.0. The van der Waals surface area contributed by atoms with E-state index in [-0.39, 0.29) is 5.91 Å². The molecular formula is C19H30N2O. The molecule has 122 valence electrons. The molecule has 1 heterocycles. The molecule has 1 atom stereocenters. The van der Waals surface area contributed by atoms with Crippen LogP contribution >= 0.6 is 0 Å². The van der Waals surface area contributed by atoms with Crippen LogP contribution in [0.4, 0.5) is 0 Å². The van der Waals surface area contributed by atoms with E-state index in [2.05, 4.69) is 49.9 Å². The van der Waals surface area contributed by atoms with Crippen LogP contribution in [0.3, 0.4) is 0 Å². The lowest BCUT2D eigenvalue weighted by molar-refractivity contribution is 0.0575. The minimum absolute atomic E-state index is 0.197. The van der Waals surface area contributed by atoms with Crippen molar-refractivity contribution in [3.63, 3.8) is 0 Å². The molecule has 0 saturated carbocycles. The minimum Gasteiger partial charge on any atom is -0.334 e. The zero-order valence-electron chi connectivity index (χ0n) is 14.5. The summed E-state index contributed by atoms with van der Waals surface area (Å²) >= 11 is 0.